The van der Waals surface area contributed by atoms with Crippen LogP contribution in [0.25, 0.3) is 0 Å². The average Bonchev–Trinajstić information content (AvgIpc) is 2.50. The van der Waals surface area contributed by atoms with Crippen LogP contribution in [0, 0.1) is 0 Å². The van der Waals surface area contributed by atoms with E-state index in [0.29, 0.717) is 18.8 Å². The fraction of sp³-hybridized carbons (Fsp3) is 0.600. The number of hydrogen-bond donors (Lipinski definition) is 3. The molecule has 7 heteroatoms. The van der Waals surface area contributed by atoms with Gasteiger partial charge in [0.05, 0.1) is 0 Å². The highest BCUT2D eigenvalue weighted by molar-refractivity contribution is 5.89. The zero-order valence-corrected chi connectivity index (χ0v) is 17.9. The van der Waals surface area contributed by atoms with Gasteiger partial charge in [0.25, 0.3) is 0 Å². The van der Waals surface area contributed by atoms with Gasteiger partial charge in [-0.1, -0.05) is 0 Å². The van der Waals surface area contributed by atoms with Crippen molar-refractivity contribution in [3.63, 3.8) is 0 Å². The lowest BCUT2D eigenvalue weighted by Gasteiger charge is -2.32. The van der Waals surface area contributed by atoms with Gasteiger partial charge >= 0.3 is 12.1 Å². The molecule has 27 heavy (non-hydrogen) atoms. The van der Waals surface area contributed by atoms with E-state index < -0.39 is 0 Å². The number of anilines is 2. The summed E-state index contributed by atoms with van der Waals surface area (Å²) >= 11 is 0. The molecule has 0 radical (unpaired) electrons. The standard InChI is InChI=1S/C20H35N5O2/c1-9-21-18(26)22-16-10-11-17(24(7)8)15(12-16)13-25(14(2)3)19(27)23-20(4,5)6/h10-12,14H,9,13H2,1-8H3,(H,23,27)(H2,21,22,26). The van der Waals surface area contributed by atoms with Crippen molar-refractivity contribution in [1.82, 2.24) is 15.5 Å². The summed E-state index contributed by atoms with van der Waals surface area (Å²) < 4.78 is 0. The summed E-state index contributed by atoms with van der Waals surface area (Å²) in [6, 6.07) is 5.42. The van der Waals surface area contributed by atoms with Crippen molar-refractivity contribution < 1.29 is 9.59 Å². The van der Waals surface area contributed by atoms with Crippen LogP contribution >= 0.6 is 0 Å². The minimum Gasteiger partial charge on any atom is -0.377 e. The van der Waals surface area contributed by atoms with Crippen LogP contribution in [0.1, 0.15) is 47.1 Å². The van der Waals surface area contributed by atoms with Crippen LogP contribution < -0.4 is 20.9 Å². The summed E-state index contributed by atoms with van der Waals surface area (Å²) in [4.78, 5) is 28.4. The second-order valence-electron chi connectivity index (χ2n) is 8.12. The zero-order valence-electron chi connectivity index (χ0n) is 17.9. The molecule has 0 atom stereocenters. The van der Waals surface area contributed by atoms with E-state index in [2.05, 4.69) is 16.0 Å². The van der Waals surface area contributed by atoms with Gasteiger partial charge in [0.1, 0.15) is 0 Å². The SMILES string of the molecule is CCNC(=O)Nc1ccc(N(C)C)c(CN(C(=O)NC(C)(C)C)C(C)C)c1. The van der Waals surface area contributed by atoms with Crippen LogP contribution in [-0.4, -0.2) is 49.2 Å². The first-order valence-electron chi connectivity index (χ1n) is 9.38. The molecule has 1 aromatic carbocycles. The molecule has 0 fully saturated rings. The summed E-state index contributed by atoms with van der Waals surface area (Å²) in [6.07, 6.45) is 0. The van der Waals surface area contributed by atoms with Crippen LogP contribution in [0.4, 0.5) is 21.0 Å². The molecule has 3 N–H and O–H groups in total. The molecule has 0 saturated heterocycles. The summed E-state index contributed by atoms with van der Waals surface area (Å²) in [5.41, 5.74) is 2.36. The minimum atomic E-state index is -0.309. The maximum absolute atomic E-state index is 12.8. The molecule has 0 aliphatic rings. The zero-order chi connectivity index (χ0) is 20.8. The Morgan fingerprint density at radius 1 is 1.15 bits per heavy atom. The van der Waals surface area contributed by atoms with Gasteiger partial charge in [-0.15, -0.1) is 0 Å². The topological polar surface area (TPSA) is 76.7 Å². The summed E-state index contributed by atoms with van der Waals surface area (Å²) in [5, 5.41) is 8.58. The first-order chi connectivity index (χ1) is 12.4. The highest BCUT2D eigenvalue weighted by atomic mass is 16.2. The van der Waals surface area contributed by atoms with Crippen LogP contribution in [-0.2, 0) is 6.54 Å². The van der Waals surface area contributed by atoms with Crippen LogP contribution in [0.3, 0.4) is 0 Å². The van der Waals surface area contributed by atoms with Crippen LogP contribution in [0.15, 0.2) is 18.2 Å². The normalized spacial score (nSPS) is 11.1. The highest BCUT2D eigenvalue weighted by Crippen LogP contribution is 2.25. The van der Waals surface area contributed by atoms with Gasteiger partial charge in [-0.25, -0.2) is 9.59 Å². The van der Waals surface area contributed by atoms with Gasteiger partial charge in [0.2, 0.25) is 0 Å². The van der Waals surface area contributed by atoms with Crippen molar-refractivity contribution in [2.24, 2.45) is 0 Å². The number of rotatable bonds is 6. The predicted molar refractivity (Wildman–Crippen MR) is 112 cm³/mol. The molecule has 0 unspecified atom stereocenters. The van der Waals surface area contributed by atoms with Crippen LogP contribution in [0.2, 0.25) is 0 Å². The van der Waals surface area contributed by atoms with Crippen molar-refractivity contribution in [2.75, 3.05) is 30.9 Å². The molecule has 152 valence electrons. The molecule has 1 aromatic rings. The third kappa shape index (κ3) is 7.37. The van der Waals surface area contributed by atoms with Gasteiger partial charge in [0.15, 0.2) is 0 Å². The fourth-order valence-electron chi connectivity index (χ4n) is 2.63. The largest absolute Gasteiger partial charge is 0.377 e. The van der Waals surface area contributed by atoms with Gasteiger partial charge < -0.3 is 25.8 Å². The van der Waals surface area contributed by atoms with Gasteiger partial charge in [0, 0.05) is 50.1 Å². The third-order valence-electron chi connectivity index (χ3n) is 3.86. The van der Waals surface area contributed by atoms with E-state index in [1.165, 1.54) is 0 Å². The number of amides is 4. The molecule has 4 amide bonds. The smallest absolute Gasteiger partial charge is 0.319 e. The molecule has 0 saturated carbocycles. The van der Waals surface area contributed by atoms with Crippen molar-refractivity contribution in [1.29, 1.82) is 0 Å². The van der Waals surface area contributed by atoms with E-state index in [1.807, 2.05) is 78.7 Å². The summed E-state index contributed by atoms with van der Waals surface area (Å²) in [5.74, 6) is 0. The van der Waals surface area contributed by atoms with E-state index in [0.717, 1.165) is 11.3 Å². The Kier molecular flexibility index (Phi) is 7.94. The summed E-state index contributed by atoms with van der Waals surface area (Å²) in [6.45, 7) is 12.8. The number of urea groups is 2. The molecule has 0 bridgehead atoms. The van der Waals surface area contributed by atoms with E-state index in [9.17, 15) is 9.59 Å². The highest BCUT2D eigenvalue weighted by Gasteiger charge is 2.23. The molecular formula is C20H35N5O2. The van der Waals surface area contributed by atoms with Gasteiger partial charge in [-0.2, -0.15) is 0 Å². The number of hydrogen-bond acceptors (Lipinski definition) is 3. The molecule has 7 nitrogen and oxygen atoms in total. The number of carbonyl (C=O) groups is 2. The van der Waals surface area contributed by atoms with Crippen LogP contribution in [0.5, 0.6) is 0 Å². The number of carbonyl (C=O) groups excluding carboxylic acids is 2. The second kappa shape index (κ2) is 9.48. The fourth-order valence-corrected chi connectivity index (χ4v) is 2.63. The third-order valence-corrected chi connectivity index (χ3v) is 3.86. The van der Waals surface area contributed by atoms with E-state index in [-0.39, 0.29) is 23.6 Å². The second-order valence-corrected chi connectivity index (χ2v) is 8.12. The first-order valence-corrected chi connectivity index (χ1v) is 9.38. The first kappa shape index (κ1) is 22.6. The Hall–Kier alpha value is -2.44. The monoisotopic (exact) mass is 377 g/mol. The van der Waals surface area contributed by atoms with Crippen molar-refractivity contribution in [2.45, 2.75) is 59.7 Å². The number of nitrogens with one attached hydrogen (secondary N) is 3. The van der Waals surface area contributed by atoms with Crippen molar-refractivity contribution in [3.05, 3.63) is 23.8 Å². The van der Waals surface area contributed by atoms with E-state index in [1.54, 1.807) is 4.90 Å². The number of nitrogens with zero attached hydrogens (tertiary/aromatic N) is 2. The van der Waals surface area contributed by atoms with E-state index in [4.69, 9.17) is 0 Å². The molecule has 1 rings (SSSR count). The lowest BCUT2D eigenvalue weighted by molar-refractivity contribution is 0.171. The van der Waals surface area contributed by atoms with Crippen molar-refractivity contribution >= 4 is 23.4 Å². The predicted octanol–water partition coefficient (Wildman–Crippen LogP) is 3.61. The number of benzene rings is 1. The quantitative estimate of drug-likeness (QED) is 0.709. The lowest BCUT2D eigenvalue weighted by Crippen LogP contribution is -2.50. The Labute approximate surface area is 163 Å². The Balaban J connectivity index is 3.15. The maximum Gasteiger partial charge on any atom is 0.319 e. The molecule has 0 heterocycles. The molecule has 0 aliphatic heterocycles. The Morgan fingerprint density at radius 3 is 2.26 bits per heavy atom. The Morgan fingerprint density at radius 2 is 1.78 bits per heavy atom. The van der Waals surface area contributed by atoms with E-state index >= 15 is 0 Å². The molecular weight excluding hydrogens is 342 g/mol. The molecule has 0 aliphatic carbocycles. The minimum absolute atomic E-state index is 0.0300. The molecule has 0 spiro atoms. The maximum atomic E-state index is 12.8. The summed E-state index contributed by atoms with van der Waals surface area (Å²) in [7, 11) is 3.93. The Bertz CT molecular complexity index is 650. The lowest BCUT2D eigenvalue weighted by atomic mass is 10.1. The average molecular weight is 378 g/mol. The molecule has 0 aromatic heterocycles. The van der Waals surface area contributed by atoms with Gasteiger partial charge in [-0.3, -0.25) is 0 Å². The van der Waals surface area contributed by atoms with Crippen molar-refractivity contribution in [3.8, 4) is 0 Å². The van der Waals surface area contributed by atoms with Gasteiger partial charge in [-0.05, 0) is 65.3 Å².